The maximum Gasteiger partial charge on any atom is 0.164 e. The van der Waals surface area contributed by atoms with Crippen molar-refractivity contribution in [1.82, 2.24) is 29.4 Å². The van der Waals surface area contributed by atoms with Gasteiger partial charge in [-0.3, -0.25) is 0 Å². The summed E-state index contributed by atoms with van der Waals surface area (Å²) in [4.78, 5) is 26.8. The number of aliphatic imine (C=N–C) groups is 2. The minimum absolute atomic E-state index is 0.00720. The van der Waals surface area contributed by atoms with Crippen LogP contribution in [0.25, 0.3) is 89.2 Å². The molecular formula is C72H52N8O. The van der Waals surface area contributed by atoms with E-state index in [4.69, 9.17) is 29.7 Å². The van der Waals surface area contributed by atoms with E-state index in [1.165, 1.54) is 11.1 Å². The van der Waals surface area contributed by atoms with Crippen molar-refractivity contribution in [2.45, 2.75) is 36.9 Å². The SMILES string of the molecule is C1=CCC(C2=NC(C3=CCC(c4ccccc4)C=C3)NC(c3cc(-c4nc(-c5ccccc5)nc(-c5ccccc5)n4)ccc3-n3c4ccccc4c4c5c(c6c(c7ccccc7n6-c6ccccc6)c43)C3C=CC=CC3O5)=N2)C=C1. The summed E-state index contributed by atoms with van der Waals surface area (Å²) in [6.45, 7) is 0. The zero-order valence-corrected chi connectivity index (χ0v) is 44.1. The van der Waals surface area contributed by atoms with Crippen LogP contribution in [0.15, 0.2) is 270 Å². The molecule has 5 atom stereocenters. The Hall–Kier alpha value is -10.3. The number of fused-ring (bicyclic) bond motifs is 12. The van der Waals surface area contributed by atoms with Crippen LogP contribution in [-0.2, 0) is 0 Å². The molecule has 9 nitrogen and oxygen atoms in total. The summed E-state index contributed by atoms with van der Waals surface area (Å²) in [6.07, 6.45) is 25.5. The average Bonchev–Trinajstić information content (AvgIpc) is 3.89. The molecular weight excluding hydrogens is 993 g/mol. The molecule has 0 amide bonds. The summed E-state index contributed by atoms with van der Waals surface area (Å²) >= 11 is 0. The molecule has 386 valence electrons. The highest BCUT2D eigenvalue weighted by atomic mass is 16.5. The van der Waals surface area contributed by atoms with Gasteiger partial charge in [-0.1, -0.05) is 206 Å². The van der Waals surface area contributed by atoms with Crippen LogP contribution in [0.2, 0.25) is 0 Å². The highest BCUT2D eigenvalue weighted by molar-refractivity contribution is 6.30. The lowest BCUT2D eigenvalue weighted by Crippen LogP contribution is -2.41. The molecule has 0 saturated heterocycles. The van der Waals surface area contributed by atoms with Gasteiger partial charge in [-0.2, -0.15) is 0 Å². The van der Waals surface area contributed by atoms with E-state index in [1.807, 2.05) is 36.4 Å². The Balaban J connectivity index is 0.987. The quantitative estimate of drug-likeness (QED) is 0.155. The zero-order chi connectivity index (χ0) is 53.4. The Labute approximate surface area is 468 Å². The van der Waals surface area contributed by atoms with E-state index >= 15 is 0 Å². The maximum absolute atomic E-state index is 7.33. The molecule has 0 fully saturated rings. The molecule has 0 saturated carbocycles. The van der Waals surface area contributed by atoms with Crippen LogP contribution in [0.5, 0.6) is 5.75 Å². The van der Waals surface area contributed by atoms with E-state index in [1.54, 1.807) is 0 Å². The van der Waals surface area contributed by atoms with Crippen LogP contribution in [0, 0.1) is 5.92 Å². The summed E-state index contributed by atoms with van der Waals surface area (Å²) in [7, 11) is 0. The van der Waals surface area contributed by atoms with Crippen molar-refractivity contribution in [3.8, 4) is 51.3 Å². The zero-order valence-electron chi connectivity index (χ0n) is 44.1. The number of nitrogens with zero attached hydrogens (tertiary/aromatic N) is 7. The lowest BCUT2D eigenvalue weighted by Gasteiger charge is -2.29. The fraction of sp³-hybridized carbons (Fsp3) is 0.0972. The first kappa shape index (κ1) is 46.8. The third kappa shape index (κ3) is 7.87. The lowest BCUT2D eigenvalue weighted by atomic mass is 9.89. The Kier molecular flexibility index (Phi) is 11.1. The van der Waals surface area contributed by atoms with Crippen molar-refractivity contribution < 1.29 is 4.74 Å². The molecule has 0 bridgehead atoms. The molecule has 1 N–H and O–H groups in total. The smallest absolute Gasteiger partial charge is 0.164 e. The first-order valence-corrected chi connectivity index (χ1v) is 28.0. The van der Waals surface area contributed by atoms with Crippen molar-refractivity contribution in [3.05, 3.63) is 277 Å². The molecule has 8 aromatic carbocycles. The molecule has 0 spiro atoms. The van der Waals surface area contributed by atoms with Crippen LogP contribution in [-0.4, -0.2) is 48.0 Å². The van der Waals surface area contributed by atoms with Gasteiger partial charge >= 0.3 is 0 Å². The number of hydrogen-bond donors (Lipinski definition) is 1. The van der Waals surface area contributed by atoms with E-state index in [9.17, 15) is 0 Å². The summed E-state index contributed by atoms with van der Waals surface area (Å²) < 4.78 is 12.3. The average molecular weight is 1050 g/mol. The number of nitrogens with one attached hydrogen (secondary N) is 1. The number of hydrogen-bond acceptors (Lipinski definition) is 7. The van der Waals surface area contributed by atoms with Gasteiger partial charge in [-0.15, -0.1) is 0 Å². The molecule has 81 heavy (non-hydrogen) atoms. The Bertz CT molecular complexity index is 4540. The monoisotopic (exact) mass is 1040 g/mol. The van der Waals surface area contributed by atoms with Gasteiger partial charge in [0.15, 0.2) is 17.5 Å². The lowest BCUT2D eigenvalue weighted by molar-refractivity contribution is 0.271. The number of amidine groups is 2. The Morgan fingerprint density at radius 2 is 1.15 bits per heavy atom. The number of aromatic nitrogens is 5. The van der Waals surface area contributed by atoms with Crippen LogP contribution >= 0.6 is 0 Å². The summed E-state index contributed by atoms with van der Waals surface area (Å²) in [6, 6.07) is 66.1. The number of ether oxygens (including phenoxy) is 1. The van der Waals surface area contributed by atoms with Gasteiger partial charge in [0.2, 0.25) is 0 Å². The van der Waals surface area contributed by atoms with Crippen LogP contribution < -0.4 is 10.1 Å². The van der Waals surface area contributed by atoms with E-state index in [0.717, 1.165) is 107 Å². The number of benzene rings is 8. The van der Waals surface area contributed by atoms with E-state index in [0.29, 0.717) is 23.3 Å². The third-order valence-corrected chi connectivity index (χ3v) is 16.6. The van der Waals surface area contributed by atoms with Gasteiger partial charge in [0, 0.05) is 67.4 Å². The molecule has 11 aromatic rings. The molecule has 3 aromatic heterocycles. The third-order valence-electron chi connectivity index (χ3n) is 16.6. The summed E-state index contributed by atoms with van der Waals surface area (Å²) in [5, 5.41) is 8.46. The first-order valence-electron chi connectivity index (χ1n) is 28.0. The standard InChI is InChI=1S/C72H52N8O/c1-6-22-45(23-7-1)46-38-40-50(41-39-46)70-74-69(49-28-12-4-13-29-49)77-72(78-70)56-44-51(71-75-67(47-24-8-2-9-25-47)73-68(76-71)48-26-10-3-11-27-48)42-43-59(56)80-58-36-20-17-33-54(58)62-65(80)61-53-32-16-19-35-57(53)79(52-30-14-5-15-31-52)64(61)63-55-34-18-21-37-60(55)81-66(62)63/h1-28,30-38,40-44,46,49,55,60,70H,29,39H2,(H,74,77,78). The maximum atomic E-state index is 7.33. The van der Waals surface area contributed by atoms with Crippen LogP contribution in [0.3, 0.4) is 0 Å². The van der Waals surface area contributed by atoms with Gasteiger partial charge < -0.3 is 19.2 Å². The Morgan fingerprint density at radius 1 is 0.519 bits per heavy atom. The number of rotatable bonds is 9. The highest BCUT2D eigenvalue weighted by Gasteiger charge is 2.40. The van der Waals surface area contributed by atoms with E-state index in [2.05, 4.69) is 233 Å². The molecule has 2 aliphatic heterocycles. The van der Waals surface area contributed by atoms with Gasteiger partial charge in [-0.05, 0) is 72.5 Å². The molecule has 16 rings (SSSR count). The van der Waals surface area contributed by atoms with Crippen molar-refractivity contribution in [1.29, 1.82) is 0 Å². The largest absolute Gasteiger partial charge is 0.484 e. The fourth-order valence-corrected chi connectivity index (χ4v) is 12.8. The van der Waals surface area contributed by atoms with Crippen molar-refractivity contribution >= 4 is 55.3 Å². The van der Waals surface area contributed by atoms with Crippen molar-refractivity contribution in [2.24, 2.45) is 15.9 Å². The van der Waals surface area contributed by atoms with E-state index < -0.39 is 6.17 Å². The van der Waals surface area contributed by atoms with E-state index in [-0.39, 0.29) is 23.9 Å². The second kappa shape index (κ2) is 19.3. The van der Waals surface area contributed by atoms with Crippen LogP contribution in [0.4, 0.5) is 0 Å². The fourth-order valence-electron chi connectivity index (χ4n) is 12.8. The Morgan fingerprint density at radius 3 is 1.84 bits per heavy atom. The minimum atomic E-state index is -0.419. The van der Waals surface area contributed by atoms with Gasteiger partial charge in [0.25, 0.3) is 0 Å². The second-order valence-electron chi connectivity index (χ2n) is 21.3. The topological polar surface area (TPSA) is 94.5 Å². The van der Waals surface area contributed by atoms with Gasteiger partial charge in [0.05, 0.1) is 33.1 Å². The summed E-state index contributed by atoms with van der Waals surface area (Å²) in [5.74, 6) is 4.37. The molecule has 3 aliphatic carbocycles. The molecule has 0 radical (unpaired) electrons. The van der Waals surface area contributed by atoms with Crippen LogP contribution in [0.1, 0.15) is 41.4 Å². The van der Waals surface area contributed by atoms with Crippen molar-refractivity contribution in [2.75, 3.05) is 0 Å². The van der Waals surface area contributed by atoms with Crippen molar-refractivity contribution in [3.63, 3.8) is 0 Å². The highest BCUT2D eigenvalue weighted by Crippen LogP contribution is 2.55. The second-order valence-corrected chi connectivity index (χ2v) is 21.3. The number of para-hydroxylation sites is 3. The summed E-state index contributed by atoms with van der Waals surface area (Å²) in [5.41, 5.74) is 13.5. The van der Waals surface area contributed by atoms with Gasteiger partial charge in [0.1, 0.15) is 29.7 Å². The minimum Gasteiger partial charge on any atom is -0.484 e. The molecule has 5 heterocycles. The molecule has 5 unspecified atom stereocenters. The first-order chi connectivity index (χ1) is 40.2. The normalized spacial score (nSPS) is 19.8. The molecule has 5 aliphatic rings. The number of allylic oxidation sites excluding steroid dienone is 7. The predicted octanol–water partition coefficient (Wildman–Crippen LogP) is 15.9. The predicted molar refractivity (Wildman–Crippen MR) is 329 cm³/mol. The molecule has 9 heteroatoms. The van der Waals surface area contributed by atoms with Gasteiger partial charge in [-0.25, -0.2) is 24.9 Å².